The fourth-order valence-electron chi connectivity index (χ4n) is 2.63. The van der Waals surface area contributed by atoms with Crippen LogP contribution in [-0.2, 0) is 19.3 Å². The van der Waals surface area contributed by atoms with E-state index in [1.165, 1.54) is 5.56 Å². The van der Waals surface area contributed by atoms with Crippen molar-refractivity contribution in [1.82, 2.24) is 4.98 Å². The van der Waals surface area contributed by atoms with Gasteiger partial charge in [-0.3, -0.25) is 4.98 Å². The number of aromatic nitrogens is 1. The first kappa shape index (κ1) is 8.24. The minimum absolute atomic E-state index is 0.377. The van der Waals surface area contributed by atoms with Crippen LogP contribution in [0, 0.1) is 0 Å². The van der Waals surface area contributed by atoms with E-state index in [1.54, 1.807) is 0 Å². The maximum absolute atomic E-state index is 9.72. The van der Waals surface area contributed by atoms with E-state index in [9.17, 15) is 5.11 Å². The highest BCUT2D eigenvalue weighted by Gasteiger charge is 2.28. The van der Waals surface area contributed by atoms with Crippen LogP contribution in [0.2, 0.25) is 0 Å². The number of hydrogen-bond acceptors (Lipinski definition) is 3. The number of aliphatic hydroxyl groups is 1. The maximum Gasteiger partial charge on any atom is 0.0966 e. The molecule has 1 unspecified atom stereocenters. The van der Waals surface area contributed by atoms with Crippen LogP contribution in [0.3, 0.4) is 0 Å². The molecule has 3 rings (SSSR count). The van der Waals surface area contributed by atoms with E-state index < -0.39 is 0 Å². The number of hydrogen-bond donors (Lipinski definition) is 2. The van der Waals surface area contributed by atoms with Crippen LogP contribution >= 0.6 is 0 Å². The van der Waals surface area contributed by atoms with Crippen molar-refractivity contribution in [1.29, 1.82) is 0 Å². The molecule has 0 radical (unpaired) electrons. The van der Waals surface area contributed by atoms with Gasteiger partial charge in [0, 0.05) is 11.4 Å². The summed E-state index contributed by atoms with van der Waals surface area (Å²) in [5.41, 5.74) is 11.3. The van der Waals surface area contributed by atoms with Crippen molar-refractivity contribution < 1.29 is 5.11 Å². The lowest BCUT2D eigenvalue weighted by molar-refractivity contribution is 0.175. The quantitative estimate of drug-likeness (QED) is 0.644. The van der Waals surface area contributed by atoms with Crippen molar-refractivity contribution in [2.75, 3.05) is 5.73 Å². The van der Waals surface area contributed by atoms with E-state index in [-0.39, 0.29) is 6.10 Å². The molecule has 3 nitrogen and oxygen atoms in total. The van der Waals surface area contributed by atoms with Crippen LogP contribution in [0.5, 0.6) is 0 Å². The molecule has 0 aliphatic heterocycles. The van der Waals surface area contributed by atoms with E-state index in [1.807, 2.05) is 0 Å². The topological polar surface area (TPSA) is 59.1 Å². The lowest BCUT2D eigenvalue weighted by Gasteiger charge is -2.10. The summed E-state index contributed by atoms with van der Waals surface area (Å²) in [4.78, 5) is 4.55. The van der Waals surface area contributed by atoms with E-state index in [2.05, 4.69) is 4.98 Å². The highest BCUT2D eigenvalue weighted by molar-refractivity contribution is 5.60. The summed E-state index contributed by atoms with van der Waals surface area (Å²) in [6.07, 6.45) is 4.55. The molecule has 2 aliphatic rings. The first-order chi connectivity index (χ1) is 6.77. The summed E-state index contributed by atoms with van der Waals surface area (Å²) in [5, 5.41) is 9.72. The summed E-state index contributed by atoms with van der Waals surface area (Å²) in [6.45, 7) is 0. The maximum atomic E-state index is 9.72. The van der Waals surface area contributed by atoms with Gasteiger partial charge in [-0.25, -0.2) is 0 Å². The summed E-state index contributed by atoms with van der Waals surface area (Å²) < 4.78 is 0. The number of nitrogens with two attached hydrogens (primary N) is 1. The summed E-state index contributed by atoms with van der Waals surface area (Å²) in [7, 11) is 0. The molecule has 0 fully saturated rings. The Morgan fingerprint density at radius 1 is 1.21 bits per heavy atom. The van der Waals surface area contributed by atoms with Crippen LogP contribution in [0.4, 0.5) is 5.69 Å². The van der Waals surface area contributed by atoms with Gasteiger partial charge in [0.05, 0.1) is 11.8 Å². The summed E-state index contributed by atoms with van der Waals surface area (Å²) in [5.74, 6) is 0. The third-order valence-electron chi connectivity index (χ3n) is 3.39. The second-order valence-electron chi connectivity index (χ2n) is 4.22. The van der Waals surface area contributed by atoms with Crippen molar-refractivity contribution >= 4 is 5.69 Å². The molecule has 0 spiro atoms. The second kappa shape index (κ2) is 2.70. The van der Waals surface area contributed by atoms with E-state index in [4.69, 9.17) is 5.73 Å². The Morgan fingerprint density at radius 3 is 2.93 bits per heavy atom. The first-order valence-electron chi connectivity index (χ1n) is 5.25. The third-order valence-corrected chi connectivity index (χ3v) is 3.39. The van der Waals surface area contributed by atoms with Crippen molar-refractivity contribution in [3.63, 3.8) is 0 Å². The van der Waals surface area contributed by atoms with Gasteiger partial charge in [-0.05, 0) is 43.2 Å². The molecule has 3 N–H and O–H groups in total. The van der Waals surface area contributed by atoms with Gasteiger partial charge in [-0.1, -0.05) is 0 Å². The van der Waals surface area contributed by atoms with E-state index >= 15 is 0 Å². The highest BCUT2D eigenvalue weighted by atomic mass is 16.3. The smallest absolute Gasteiger partial charge is 0.0966 e. The zero-order chi connectivity index (χ0) is 9.71. The summed E-state index contributed by atoms with van der Waals surface area (Å²) >= 11 is 0. The minimum Gasteiger partial charge on any atom is -0.398 e. The largest absolute Gasteiger partial charge is 0.398 e. The molecule has 0 aromatic carbocycles. The molecule has 1 atom stereocenters. The zero-order valence-electron chi connectivity index (χ0n) is 8.08. The lowest BCUT2D eigenvalue weighted by Crippen LogP contribution is -2.04. The van der Waals surface area contributed by atoms with Gasteiger partial charge < -0.3 is 10.8 Å². The molecule has 0 saturated carbocycles. The van der Waals surface area contributed by atoms with Gasteiger partial charge in [0.2, 0.25) is 0 Å². The Morgan fingerprint density at radius 2 is 2.07 bits per heavy atom. The van der Waals surface area contributed by atoms with Crippen LogP contribution in [-0.4, -0.2) is 10.1 Å². The van der Waals surface area contributed by atoms with Gasteiger partial charge in [-0.2, -0.15) is 0 Å². The molecule has 0 amide bonds. The fraction of sp³-hybridized carbons (Fsp3) is 0.545. The monoisotopic (exact) mass is 190 g/mol. The Labute approximate surface area is 83.0 Å². The van der Waals surface area contributed by atoms with Crippen molar-refractivity contribution in [3.8, 4) is 0 Å². The number of aliphatic hydroxyl groups excluding tert-OH is 1. The molecule has 1 aromatic rings. The van der Waals surface area contributed by atoms with E-state index in [0.29, 0.717) is 0 Å². The SMILES string of the molecule is Nc1c2c(nc3c1CCC3O)CCC2. The Balaban J connectivity index is 2.24. The average Bonchev–Trinajstić information content (AvgIpc) is 2.75. The van der Waals surface area contributed by atoms with Crippen molar-refractivity contribution in [3.05, 3.63) is 22.5 Å². The van der Waals surface area contributed by atoms with Crippen LogP contribution in [0.15, 0.2) is 0 Å². The number of rotatable bonds is 0. The fourth-order valence-corrected chi connectivity index (χ4v) is 2.63. The standard InChI is InChI=1S/C11H14N2O/c12-10-6-2-1-3-8(6)13-11-7(10)4-5-9(11)14/h9,14H,1-5H2,(H2,12,13). The molecular weight excluding hydrogens is 176 g/mol. The number of aryl methyl sites for hydroxylation is 1. The second-order valence-corrected chi connectivity index (χ2v) is 4.22. The molecule has 0 bridgehead atoms. The number of anilines is 1. The van der Waals surface area contributed by atoms with Gasteiger partial charge >= 0.3 is 0 Å². The van der Waals surface area contributed by atoms with Crippen molar-refractivity contribution in [2.45, 2.75) is 38.2 Å². The predicted molar refractivity (Wildman–Crippen MR) is 54.0 cm³/mol. The van der Waals surface area contributed by atoms with Crippen LogP contribution in [0.1, 0.15) is 41.5 Å². The number of pyridine rings is 1. The third kappa shape index (κ3) is 0.932. The Bertz CT molecular complexity index is 401. The van der Waals surface area contributed by atoms with Crippen LogP contribution < -0.4 is 5.73 Å². The number of nitrogens with zero attached hydrogens (tertiary/aromatic N) is 1. The molecule has 74 valence electrons. The lowest BCUT2D eigenvalue weighted by atomic mass is 10.1. The number of fused-ring (bicyclic) bond motifs is 2. The highest BCUT2D eigenvalue weighted by Crippen LogP contribution is 2.38. The normalized spacial score (nSPS) is 23.6. The average molecular weight is 190 g/mol. The predicted octanol–water partition coefficient (Wildman–Crippen LogP) is 1.13. The molecule has 3 heteroatoms. The van der Waals surface area contributed by atoms with Gasteiger partial charge in [-0.15, -0.1) is 0 Å². The molecular formula is C11H14N2O. The molecule has 14 heavy (non-hydrogen) atoms. The van der Waals surface area contributed by atoms with E-state index in [0.717, 1.165) is 54.7 Å². The summed E-state index contributed by atoms with van der Waals surface area (Å²) in [6, 6.07) is 0. The zero-order valence-corrected chi connectivity index (χ0v) is 8.08. The van der Waals surface area contributed by atoms with Gasteiger partial charge in [0.15, 0.2) is 0 Å². The molecule has 1 heterocycles. The Kier molecular flexibility index (Phi) is 1.59. The van der Waals surface area contributed by atoms with Crippen LogP contribution in [0.25, 0.3) is 0 Å². The Hall–Kier alpha value is -1.09. The van der Waals surface area contributed by atoms with Gasteiger partial charge in [0.25, 0.3) is 0 Å². The number of nitrogen functional groups attached to an aromatic ring is 1. The molecule has 0 saturated heterocycles. The van der Waals surface area contributed by atoms with Crippen molar-refractivity contribution in [2.24, 2.45) is 0 Å². The molecule has 1 aromatic heterocycles. The molecule has 2 aliphatic carbocycles. The minimum atomic E-state index is -0.377. The first-order valence-corrected chi connectivity index (χ1v) is 5.25. The van der Waals surface area contributed by atoms with Gasteiger partial charge in [0.1, 0.15) is 0 Å².